The zero-order valence-corrected chi connectivity index (χ0v) is 14.8. The number of anilines is 1. The lowest BCUT2D eigenvalue weighted by Gasteiger charge is -2.18. The summed E-state index contributed by atoms with van der Waals surface area (Å²) in [5.41, 5.74) is 3.33. The van der Waals surface area contributed by atoms with Crippen LogP contribution in [0.2, 0.25) is 0 Å². The second kappa shape index (κ2) is 6.11. The van der Waals surface area contributed by atoms with Gasteiger partial charge in [-0.25, -0.2) is 4.39 Å². The van der Waals surface area contributed by atoms with Gasteiger partial charge in [0.1, 0.15) is 0 Å². The molecule has 1 aliphatic rings. The molecule has 3 atom stereocenters. The number of carbonyl (C=O) groups is 1. The summed E-state index contributed by atoms with van der Waals surface area (Å²) in [6.07, 6.45) is 4.74. The highest BCUT2D eigenvalue weighted by molar-refractivity contribution is 7.38. The number of nitrogens with zero attached hydrogens (tertiary/aromatic N) is 2. The molecule has 0 radical (unpaired) electrons. The van der Waals surface area contributed by atoms with Crippen molar-refractivity contribution in [3.05, 3.63) is 72.1 Å². The third-order valence-electron chi connectivity index (χ3n) is 4.03. The first-order chi connectivity index (χ1) is 10.9. The van der Waals surface area contributed by atoms with E-state index in [1.165, 1.54) is 6.08 Å². The molecule has 0 aliphatic carbocycles. The summed E-state index contributed by atoms with van der Waals surface area (Å²) >= 11 is 0. The van der Waals surface area contributed by atoms with Crippen molar-refractivity contribution in [2.75, 3.05) is 11.4 Å². The van der Waals surface area contributed by atoms with Gasteiger partial charge < -0.3 is 4.90 Å². The molecular weight excluding hydrogens is 329 g/mol. The molecule has 0 saturated carbocycles. The largest absolute Gasteiger partial charge is 0.308 e. The van der Waals surface area contributed by atoms with Gasteiger partial charge in [-0.05, 0) is 23.3 Å². The third kappa shape index (κ3) is 3.06. The standard InChI is InChI=1S/C17H17FN2OP2/c1-2-16(21)20-10-14(13-9-19-7-6-15(13)20)11-4-3-5-12(8-11)17(18,22)23/h2-9,14H,1,10,22-23H2. The predicted molar refractivity (Wildman–Crippen MR) is 97.3 cm³/mol. The van der Waals surface area contributed by atoms with E-state index >= 15 is 0 Å². The van der Waals surface area contributed by atoms with Crippen molar-refractivity contribution in [1.82, 2.24) is 4.98 Å². The van der Waals surface area contributed by atoms with Gasteiger partial charge in [0.15, 0.2) is 5.15 Å². The lowest BCUT2D eigenvalue weighted by atomic mass is 9.93. The van der Waals surface area contributed by atoms with Crippen LogP contribution < -0.4 is 4.90 Å². The Morgan fingerprint density at radius 2 is 2.22 bits per heavy atom. The second-order valence-electron chi connectivity index (χ2n) is 5.53. The van der Waals surface area contributed by atoms with Gasteiger partial charge >= 0.3 is 0 Å². The van der Waals surface area contributed by atoms with Crippen molar-refractivity contribution in [2.24, 2.45) is 0 Å². The Labute approximate surface area is 139 Å². The van der Waals surface area contributed by atoms with Crippen molar-refractivity contribution in [1.29, 1.82) is 0 Å². The normalized spacial score (nSPS) is 17.0. The lowest BCUT2D eigenvalue weighted by Crippen LogP contribution is -2.28. The van der Waals surface area contributed by atoms with Gasteiger partial charge in [-0.1, -0.05) is 49.3 Å². The molecule has 0 spiro atoms. The molecule has 3 rings (SSSR count). The first-order valence-electron chi connectivity index (χ1n) is 7.16. The topological polar surface area (TPSA) is 33.2 Å². The number of amides is 1. The van der Waals surface area contributed by atoms with E-state index in [0.717, 1.165) is 16.8 Å². The van der Waals surface area contributed by atoms with Crippen LogP contribution in [0.15, 0.2) is 55.4 Å². The number of alkyl halides is 1. The fourth-order valence-corrected chi connectivity index (χ4v) is 3.25. The first kappa shape index (κ1) is 16.2. The Morgan fingerprint density at radius 1 is 1.43 bits per heavy atom. The third-order valence-corrected chi connectivity index (χ3v) is 4.70. The highest BCUT2D eigenvalue weighted by Crippen LogP contribution is 2.43. The van der Waals surface area contributed by atoms with Crippen LogP contribution in [-0.2, 0) is 9.95 Å². The zero-order chi connectivity index (χ0) is 16.6. The molecule has 0 fully saturated rings. The number of aromatic nitrogens is 1. The molecule has 0 N–H and O–H groups in total. The fraction of sp³-hybridized carbons (Fsp3) is 0.176. The van der Waals surface area contributed by atoms with E-state index in [2.05, 4.69) is 30.0 Å². The fourth-order valence-electron chi connectivity index (χ4n) is 2.89. The first-order valence-corrected chi connectivity index (χ1v) is 8.32. The average Bonchev–Trinajstić information content (AvgIpc) is 2.93. The summed E-state index contributed by atoms with van der Waals surface area (Å²) in [6, 6.07) is 9.19. The number of hydrogen-bond donors (Lipinski definition) is 0. The Hall–Kier alpha value is -1.63. The number of fused-ring (bicyclic) bond motifs is 1. The minimum atomic E-state index is -1.57. The molecule has 23 heavy (non-hydrogen) atoms. The van der Waals surface area contributed by atoms with Gasteiger partial charge in [-0.2, -0.15) is 0 Å². The molecule has 1 aromatic heterocycles. The molecular formula is C17H17FN2OP2. The van der Waals surface area contributed by atoms with E-state index in [-0.39, 0.29) is 11.8 Å². The number of halogens is 1. The number of rotatable bonds is 3. The maximum absolute atomic E-state index is 14.2. The van der Waals surface area contributed by atoms with E-state index in [4.69, 9.17) is 0 Å². The van der Waals surface area contributed by atoms with E-state index < -0.39 is 5.15 Å². The summed E-state index contributed by atoms with van der Waals surface area (Å²) < 4.78 is 14.2. The van der Waals surface area contributed by atoms with Crippen molar-refractivity contribution < 1.29 is 9.18 Å². The Balaban J connectivity index is 2.05. The van der Waals surface area contributed by atoms with E-state index in [9.17, 15) is 9.18 Å². The molecule has 0 saturated heterocycles. The van der Waals surface area contributed by atoms with Gasteiger partial charge in [-0.15, -0.1) is 0 Å². The minimum absolute atomic E-state index is 0.0279. The molecule has 118 valence electrons. The van der Waals surface area contributed by atoms with Crippen molar-refractivity contribution in [3.8, 4) is 0 Å². The van der Waals surface area contributed by atoms with E-state index in [1.807, 2.05) is 24.3 Å². The molecule has 2 heterocycles. The van der Waals surface area contributed by atoms with Crippen LogP contribution in [-0.4, -0.2) is 17.4 Å². The molecule has 1 aliphatic heterocycles. The molecule has 2 aromatic rings. The monoisotopic (exact) mass is 346 g/mol. The van der Waals surface area contributed by atoms with Crippen LogP contribution in [0.4, 0.5) is 10.1 Å². The van der Waals surface area contributed by atoms with Crippen LogP contribution in [0, 0.1) is 0 Å². The minimum Gasteiger partial charge on any atom is -0.308 e. The Morgan fingerprint density at radius 3 is 2.91 bits per heavy atom. The summed E-state index contributed by atoms with van der Waals surface area (Å²) in [5, 5.41) is -1.57. The molecule has 6 heteroatoms. The van der Waals surface area contributed by atoms with Gasteiger partial charge in [0.25, 0.3) is 0 Å². The van der Waals surface area contributed by atoms with Crippen LogP contribution in [0.5, 0.6) is 0 Å². The summed E-state index contributed by atoms with van der Waals surface area (Å²) in [6.45, 7) is 4.06. The molecule has 1 amide bonds. The van der Waals surface area contributed by atoms with Crippen LogP contribution in [0.25, 0.3) is 0 Å². The maximum Gasteiger partial charge on any atom is 0.250 e. The number of benzene rings is 1. The molecule has 3 nitrogen and oxygen atoms in total. The van der Waals surface area contributed by atoms with Gasteiger partial charge in [-0.3, -0.25) is 9.78 Å². The van der Waals surface area contributed by atoms with Crippen molar-refractivity contribution in [2.45, 2.75) is 11.1 Å². The van der Waals surface area contributed by atoms with Gasteiger partial charge in [0.05, 0.1) is 5.69 Å². The molecule has 1 aromatic carbocycles. The van der Waals surface area contributed by atoms with E-state index in [0.29, 0.717) is 12.1 Å². The van der Waals surface area contributed by atoms with Crippen LogP contribution >= 0.6 is 18.5 Å². The number of carbonyl (C=O) groups excluding carboxylic acids is 1. The van der Waals surface area contributed by atoms with Gasteiger partial charge in [0, 0.05) is 30.4 Å². The predicted octanol–water partition coefficient (Wildman–Crippen LogP) is 3.58. The van der Waals surface area contributed by atoms with Crippen LogP contribution in [0.3, 0.4) is 0 Å². The zero-order valence-electron chi connectivity index (χ0n) is 12.4. The average molecular weight is 346 g/mol. The Bertz CT molecular complexity index is 773. The summed E-state index contributed by atoms with van der Waals surface area (Å²) in [5.74, 6) is -0.173. The smallest absolute Gasteiger partial charge is 0.250 e. The number of hydrogen-bond acceptors (Lipinski definition) is 2. The number of pyridine rings is 1. The van der Waals surface area contributed by atoms with Crippen LogP contribution in [0.1, 0.15) is 22.6 Å². The van der Waals surface area contributed by atoms with Gasteiger partial charge in [0.2, 0.25) is 5.91 Å². The van der Waals surface area contributed by atoms with Crippen molar-refractivity contribution in [3.63, 3.8) is 0 Å². The SMILES string of the molecule is C=CC(=O)N1CC(c2cccc(C(F)(P)P)c2)c2cnccc21. The lowest BCUT2D eigenvalue weighted by molar-refractivity contribution is -0.114. The highest BCUT2D eigenvalue weighted by atomic mass is 31.1. The maximum atomic E-state index is 14.2. The van der Waals surface area contributed by atoms with Crippen molar-refractivity contribution >= 4 is 30.1 Å². The quantitative estimate of drug-likeness (QED) is 0.629. The Kier molecular flexibility index (Phi) is 4.31. The molecule has 3 unspecified atom stereocenters. The van der Waals surface area contributed by atoms with E-state index in [1.54, 1.807) is 23.4 Å². The summed E-state index contributed by atoms with van der Waals surface area (Å²) in [7, 11) is 4.35. The summed E-state index contributed by atoms with van der Waals surface area (Å²) in [4.78, 5) is 18.0. The highest BCUT2D eigenvalue weighted by Gasteiger charge is 2.33. The molecule has 0 bridgehead atoms. The second-order valence-corrected chi connectivity index (χ2v) is 7.88.